The molecule has 2 aromatic rings. The minimum atomic E-state index is -0.891. The molecule has 0 saturated heterocycles. The second-order valence-corrected chi connectivity index (χ2v) is 5.50. The summed E-state index contributed by atoms with van der Waals surface area (Å²) in [6, 6.07) is 7.19. The van der Waals surface area contributed by atoms with Crippen LogP contribution in [0.2, 0.25) is 0 Å². The van der Waals surface area contributed by atoms with Gasteiger partial charge in [0.25, 0.3) is 5.91 Å². The number of rotatable bonds is 5. The van der Waals surface area contributed by atoms with Crippen molar-refractivity contribution < 1.29 is 14.7 Å². The van der Waals surface area contributed by atoms with Gasteiger partial charge in [0.05, 0.1) is 11.9 Å². The van der Waals surface area contributed by atoms with Crippen molar-refractivity contribution in [1.82, 2.24) is 15.1 Å². The molecule has 3 rings (SSSR count). The van der Waals surface area contributed by atoms with E-state index in [9.17, 15) is 9.59 Å². The molecule has 0 spiro atoms. The van der Waals surface area contributed by atoms with E-state index in [1.54, 1.807) is 11.7 Å². The number of carboxylic acid groups (broad SMARTS) is 1. The summed E-state index contributed by atoms with van der Waals surface area (Å²) in [4.78, 5) is 23.3. The van der Waals surface area contributed by atoms with Gasteiger partial charge >= 0.3 is 5.97 Å². The molecular weight excluding hydrogens is 270 g/mol. The van der Waals surface area contributed by atoms with Gasteiger partial charge in [0.1, 0.15) is 0 Å². The molecular formula is C15H17N3O3. The predicted octanol–water partition coefficient (Wildman–Crippen LogP) is 1.56. The predicted molar refractivity (Wildman–Crippen MR) is 76.9 cm³/mol. The molecule has 0 bridgehead atoms. The second-order valence-electron chi connectivity index (χ2n) is 5.50. The largest absolute Gasteiger partial charge is 0.481 e. The van der Waals surface area contributed by atoms with Crippen LogP contribution < -0.4 is 5.32 Å². The van der Waals surface area contributed by atoms with Crippen LogP contribution in [-0.2, 0) is 11.8 Å². The zero-order valence-electron chi connectivity index (χ0n) is 11.7. The van der Waals surface area contributed by atoms with Gasteiger partial charge in [0, 0.05) is 18.5 Å². The lowest BCUT2D eigenvalue weighted by atomic mass is 10.1. The van der Waals surface area contributed by atoms with Crippen molar-refractivity contribution in [3.63, 3.8) is 0 Å². The molecule has 1 fully saturated rings. The van der Waals surface area contributed by atoms with Crippen molar-refractivity contribution in [2.24, 2.45) is 13.0 Å². The quantitative estimate of drug-likeness (QED) is 0.874. The monoisotopic (exact) mass is 287 g/mol. The number of fused-ring (bicyclic) bond motifs is 1. The van der Waals surface area contributed by atoms with Crippen LogP contribution in [0.25, 0.3) is 10.9 Å². The molecule has 1 aromatic heterocycles. The third-order valence-electron chi connectivity index (χ3n) is 3.87. The number of hydrogen-bond acceptors (Lipinski definition) is 3. The first-order chi connectivity index (χ1) is 10.1. The zero-order chi connectivity index (χ0) is 15.0. The Morgan fingerprint density at radius 3 is 2.81 bits per heavy atom. The fourth-order valence-corrected chi connectivity index (χ4v) is 2.64. The highest BCUT2D eigenvalue weighted by Crippen LogP contribution is 2.34. The molecule has 1 amide bonds. The molecule has 21 heavy (non-hydrogen) atoms. The molecule has 1 aromatic carbocycles. The maximum Gasteiger partial charge on any atom is 0.305 e. The van der Waals surface area contributed by atoms with Crippen molar-refractivity contribution in [3.05, 3.63) is 30.0 Å². The van der Waals surface area contributed by atoms with Crippen molar-refractivity contribution in [1.29, 1.82) is 0 Å². The molecule has 1 heterocycles. The third-order valence-corrected chi connectivity index (χ3v) is 3.87. The standard InChI is InChI=1S/C15H17N3O3/c1-18-12-5-3-2-4-10(12)14(17-18)15(21)16-11(8-13(19)20)9-6-7-9/h2-5,9,11H,6-8H2,1H3,(H,16,21)(H,19,20). The smallest absolute Gasteiger partial charge is 0.305 e. The van der Waals surface area contributed by atoms with Gasteiger partial charge in [-0.3, -0.25) is 14.3 Å². The molecule has 2 N–H and O–H groups in total. The Morgan fingerprint density at radius 1 is 1.43 bits per heavy atom. The highest BCUT2D eigenvalue weighted by molar-refractivity contribution is 6.05. The van der Waals surface area contributed by atoms with E-state index in [4.69, 9.17) is 5.11 Å². The third kappa shape index (κ3) is 2.74. The Kier molecular flexibility index (Phi) is 3.37. The molecule has 6 nitrogen and oxygen atoms in total. The van der Waals surface area contributed by atoms with Crippen LogP contribution in [0.5, 0.6) is 0 Å². The van der Waals surface area contributed by atoms with Crippen molar-refractivity contribution in [3.8, 4) is 0 Å². The normalized spacial score (nSPS) is 15.9. The van der Waals surface area contributed by atoms with Crippen LogP contribution in [0, 0.1) is 5.92 Å². The minimum absolute atomic E-state index is 0.0405. The van der Waals surface area contributed by atoms with Gasteiger partial charge in [-0.15, -0.1) is 0 Å². The van der Waals surface area contributed by atoms with E-state index in [1.807, 2.05) is 24.3 Å². The van der Waals surface area contributed by atoms with E-state index in [2.05, 4.69) is 10.4 Å². The first kappa shape index (κ1) is 13.6. The Bertz CT molecular complexity index is 703. The molecule has 6 heteroatoms. The van der Waals surface area contributed by atoms with Crippen molar-refractivity contribution in [2.45, 2.75) is 25.3 Å². The summed E-state index contributed by atoms with van der Waals surface area (Å²) in [6.45, 7) is 0. The van der Waals surface area contributed by atoms with E-state index in [-0.39, 0.29) is 24.3 Å². The maximum absolute atomic E-state index is 12.4. The number of amides is 1. The van der Waals surface area contributed by atoms with E-state index in [0.717, 1.165) is 23.7 Å². The Balaban J connectivity index is 1.84. The molecule has 0 aliphatic heterocycles. The lowest BCUT2D eigenvalue weighted by Crippen LogP contribution is -2.38. The SMILES string of the molecule is Cn1nc(C(=O)NC(CC(=O)O)C2CC2)c2ccccc21. The Morgan fingerprint density at radius 2 is 2.14 bits per heavy atom. The van der Waals surface area contributed by atoms with Gasteiger partial charge in [0.2, 0.25) is 0 Å². The van der Waals surface area contributed by atoms with Gasteiger partial charge in [-0.25, -0.2) is 0 Å². The average molecular weight is 287 g/mol. The minimum Gasteiger partial charge on any atom is -0.481 e. The summed E-state index contributed by atoms with van der Waals surface area (Å²) in [7, 11) is 1.79. The molecule has 1 aliphatic carbocycles. The summed E-state index contributed by atoms with van der Waals surface area (Å²) in [5, 5.41) is 16.8. The zero-order valence-corrected chi connectivity index (χ0v) is 11.7. The molecule has 0 radical (unpaired) electrons. The highest BCUT2D eigenvalue weighted by Gasteiger charge is 2.34. The number of hydrogen-bond donors (Lipinski definition) is 2. The second kappa shape index (κ2) is 5.20. The molecule has 1 aliphatic rings. The van der Waals surface area contributed by atoms with E-state index < -0.39 is 5.97 Å². The van der Waals surface area contributed by atoms with Crippen LogP contribution in [0.1, 0.15) is 29.8 Å². The lowest BCUT2D eigenvalue weighted by molar-refractivity contribution is -0.137. The summed E-state index contributed by atoms with van der Waals surface area (Å²) in [5.74, 6) is -0.914. The molecule has 1 atom stereocenters. The Labute approximate surface area is 121 Å². The number of aromatic nitrogens is 2. The molecule has 110 valence electrons. The van der Waals surface area contributed by atoms with Crippen LogP contribution in [-0.4, -0.2) is 32.8 Å². The van der Waals surface area contributed by atoms with E-state index in [1.165, 1.54) is 0 Å². The highest BCUT2D eigenvalue weighted by atomic mass is 16.4. The average Bonchev–Trinajstić information content (AvgIpc) is 3.23. The van der Waals surface area contributed by atoms with Gasteiger partial charge in [-0.05, 0) is 24.8 Å². The first-order valence-corrected chi connectivity index (χ1v) is 7.00. The van der Waals surface area contributed by atoms with Crippen LogP contribution in [0.15, 0.2) is 24.3 Å². The fraction of sp³-hybridized carbons (Fsp3) is 0.400. The van der Waals surface area contributed by atoms with Gasteiger partial charge in [-0.2, -0.15) is 5.10 Å². The number of aliphatic carboxylic acids is 1. The lowest BCUT2D eigenvalue weighted by Gasteiger charge is -2.15. The first-order valence-electron chi connectivity index (χ1n) is 7.00. The number of aryl methyl sites for hydroxylation is 1. The number of nitrogens with one attached hydrogen (secondary N) is 1. The number of carboxylic acids is 1. The van der Waals surface area contributed by atoms with Crippen LogP contribution in [0.3, 0.4) is 0 Å². The molecule has 1 unspecified atom stereocenters. The summed E-state index contributed by atoms with van der Waals surface area (Å²) < 4.78 is 1.66. The van der Waals surface area contributed by atoms with Gasteiger partial charge in [-0.1, -0.05) is 18.2 Å². The van der Waals surface area contributed by atoms with Gasteiger partial charge < -0.3 is 10.4 Å². The van der Waals surface area contributed by atoms with Crippen LogP contribution >= 0.6 is 0 Å². The van der Waals surface area contributed by atoms with Crippen LogP contribution in [0.4, 0.5) is 0 Å². The Hall–Kier alpha value is -2.37. The number of nitrogens with zero attached hydrogens (tertiary/aromatic N) is 2. The number of benzene rings is 1. The number of carbonyl (C=O) groups is 2. The van der Waals surface area contributed by atoms with E-state index >= 15 is 0 Å². The maximum atomic E-state index is 12.4. The summed E-state index contributed by atoms with van der Waals surface area (Å²) in [6.07, 6.45) is 1.91. The fourth-order valence-electron chi connectivity index (χ4n) is 2.64. The molecule has 1 saturated carbocycles. The summed E-state index contributed by atoms with van der Waals surface area (Å²) >= 11 is 0. The van der Waals surface area contributed by atoms with E-state index in [0.29, 0.717) is 5.69 Å². The topological polar surface area (TPSA) is 84.2 Å². The number of para-hydroxylation sites is 1. The van der Waals surface area contributed by atoms with Crippen molar-refractivity contribution >= 4 is 22.8 Å². The van der Waals surface area contributed by atoms with Gasteiger partial charge in [0.15, 0.2) is 5.69 Å². The van der Waals surface area contributed by atoms with Crippen molar-refractivity contribution in [2.75, 3.05) is 0 Å². The number of carbonyl (C=O) groups excluding carboxylic acids is 1. The summed E-state index contributed by atoms with van der Waals surface area (Å²) in [5.41, 5.74) is 1.23.